The Balaban J connectivity index is 2.02. The van der Waals surface area contributed by atoms with Gasteiger partial charge >= 0.3 is 11.9 Å². The SMILES string of the molecule is CCOC(=O)c1cnc2ccccc2c1N1CCC(C(=O)O)CC1. The van der Waals surface area contributed by atoms with Crippen molar-refractivity contribution >= 4 is 28.5 Å². The first-order chi connectivity index (χ1) is 11.6. The van der Waals surface area contributed by atoms with Crippen molar-refractivity contribution in [1.82, 2.24) is 4.98 Å². The summed E-state index contributed by atoms with van der Waals surface area (Å²) >= 11 is 0. The summed E-state index contributed by atoms with van der Waals surface area (Å²) in [6.07, 6.45) is 2.68. The molecule has 126 valence electrons. The number of pyridine rings is 1. The van der Waals surface area contributed by atoms with E-state index in [0.29, 0.717) is 38.1 Å². The van der Waals surface area contributed by atoms with Crippen molar-refractivity contribution < 1.29 is 19.4 Å². The minimum atomic E-state index is -0.750. The summed E-state index contributed by atoms with van der Waals surface area (Å²) in [5, 5.41) is 10.1. The summed E-state index contributed by atoms with van der Waals surface area (Å²) in [7, 11) is 0. The van der Waals surface area contributed by atoms with Crippen LogP contribution in [-0.2, 0) is 9.53 Å². The zero-order valence-electron chi connectivity index (χ0n) is 13.6. The van der Waals surface area contributed by atoms with Gasteiger partial charge in [0.05, 0.1) is 23.7 Å². The van der Waals surface area contributed by atoms with Crippen molar-refractivity contribution in [1.29, 1.82) is 0 Å². The molecule has 3 rings (SSSR count). The highest BCUT2D eigenvalue weighted by Crippen LogP contribution is 2.33. The van der Waals surface area contributed by atoms with Gasteiger partial charge in [0.25, 0.3) is 0 Å². The van der Waals surface area contributed by atoms with Crippen molar-refractivity contribution in [2.45, 2.75) is 19.8 Å². The Bertz CT molecular complexity index is 767. The molecule has 0 atom stereocenters. The second kappa shape index (κ2) is 6.86. The summed E-state index contributed by atoms with van der Waals surface area (Å²) in [6.45, 7) is 3.26. The van der Waals surface area contributed by atoms with Gasteiger partial charge in [0.15, 0.2) is 0 Å². The van der Waals surface area contributed by atoms with Gasteiger partial charge in [-0.15, -0.1) is 0 Å². The highest BCUT2D eigenvalue weighted by molar-refractivity contribution is 6.05. The van der Waals surface area contributed by atoms with Crippen LogP contribution in [-0.4, -0.2) is 41.7 Å². The molecule has 1 N–H and O–H groups in total. The van der Waals surface area contributed by atoms with E-state index in [0.717, 1.165) is 16.6 Å². The van der Waals surface area contributed by atoms with Crippen LogP contribution < -0.4 is 4.90 Å². The fourth-order valence-electron chi connectivity index (χ4n) is 3.18. The van der Waals surface area contributed by atoms with E-state index in [-0.39, 0.29) is 5.92 Å². The first-order valence-electron chi connectivity index (χ1n) is 8.14. The van der Waals surface area contributed by atoms with Crippen molar-refractivity contribution in [2.75, 3.05) is 24.6 Å². The molecule has 1 aliphatic heterocycles. The maximum absolute atomic E-state index is 12.3. The average molecular weight is 328 g/mol. The lowest BCUT2D eigenvalue weighted by Crippen LogP contribution is -2.37. The fraction of sp³-hybridized carbons (Fsp3) is 0.389. The number of hydrogen-bond donors (Lipinski definition) is 1. The molecule has 0 radical (unpaired) electrons. The Morgan fingerprint density at radius 1 is 1.29 bits per heavy atom. The minimum Gasteiger partial charge on any atom is -0.481 e. The average Bonchev–Trinajstić information content (AvgIpc) is 2.61. The largest absolute Gasteiger partial charge is 0.481 e. The maximum atomic E-state index is 12.3. The van der Waals surface area contributed by atoms with E-state index >= 15 is 0 Å². The molecule has 0 bridgehead atoms. The van der Waals surface area contributed by atoms with Gasteiger partial charge in [-0.25, -0.2) is 4.79 Å². The van der Waals surface area contributed by atoms with E-state index < -0.39 is 11.9 Å². The van der Waals surface area contributed by atoms with Crippen molar-refractivity contribution in [2.24, 2.45) is 5.92 Å². The highest BCUT2D eigenvalue weighted by atomic mass is 16.5. The molecule has 2 heterocycles. The molecule has 24 heavy (non-hydrogen) atoms. The van der Waals surface area contributed by atoms with Gasteiger partial charge in [0.2, 0.25) is 0 Å². The predicted molar refractivity (Wildman–Crippen MR) is 90.3 cm³/mol. The third-order valence-corrected chi connectivity index (χ3v) is 4.40. The number of ether oxygens (including phenoxy) is 1. The van der Waals surface area contributed by atoms with E-state index in [2.05, 4.69) is 9.88 Å². The second-order valence-corrected chi connectivity index (χ2v) is 5.86. The number of nitrogens with zero attached hydrogens (tertiary/aromatic N) is 2. The van der Waals surface area contributed by atoms with Crippen molar-refractivity contribution in [3.05, 3.63) is 36.0 Å². The number of esters is 1. The van der Waals surface area contributed by atoms with Crippen LogP contribution in [0.4, 0.5) is 5.69 Å². The van der Waals surface area contributed by atoms with E-state index in [1.165, 1.54) is 0 Å². The number of carboxylic acid groups (broad SMARTS) is 1. The number of aromatic nitrogens is 1. The first-order valence-corrected chi connectivity index (χ1v) is 8.14. The topological polar surface area (TPSA) is 79.7 Å². The number of aliphatic carboxylic acids is 1. The summed E-state index contributed by atoms with van der Waals surface area (Å²) in [4.78, 5) is 29.9. The molecule has 1 fully saturated rings. The van der Waals surface area contributed by atoms with Gasteiger partial charge < -0.3 is 14.7 Å². The maximum Gasteiger partial charge on any atom is 0.341 e. The molecule has 0 unspecified atom stereocenters. The molecule has 6 heteroatoms. The second-order valence-electron chi connectivity index (χ2n) is 5.86. The monoisotopic (exact) mass is 328 g/mol. The van der Waals surface area contributed by atoms with Gasteiger partial charge in [-0.05, 0) is 25.8 Å². The van der Waals surface area contributed by atoms with Gasteiger partial charge in [0.1, 0.15) is 5.56 Å². The van der Waals surface area contributed by atoms with Gasteiger partial charge in [0, 0.05) is 24.7 Å². The molecule has 0 saturated carbocycles. The molecule has 1 aromatic carbocycles. The number of para-hydroxylation sites is 1. The molecule has 1 aliphatic rings. The number of anilines is 1. The number of rotatable bonds is 4. The Morgan fingerprint density at radius 2 is 2.00 bits per heavy atom. The molecule has 1 saturated heterocycles. The number of hydrogen-bond acceptors (Lipinski definition) is 5. The fourth-order valence-corrected chi connectivity index (χ4v) is 3.18. The number of carbonyl (C=O) groups excluding carboxylic acids is 1. The van der Waals surface area contributed by atoms with Crippen molar-refractivity contribution in [3.8, 4) is 0 Å². The summed E-state index contributed by atoms with van der Waals surface area (Å²) in [5.74, 6) is -1.47. The minimum absolute atomic E-state index is 0.298. The molecule has 0 amide bonds. The number of carboxylic acids is 1. The van der Waals surface area contributed by atoms with Gasteiger partial charge in [-0.3, -0.25) is 9.78 Å². The van der Waals surface area contributed by atoms with Crippen LogP contribution >= 0.6 is 0 Å². The molecule has 0 spiro atoms. The van der Waals surface area contributed by atoms with Crippen LogP contribution in [0.5, 0.6) is 0 Å². The molecule has 1 aromatic heterocycles. The smallest absolute Gasteiger partial charge is 0.341 e. The molecule has 2 aromatic rings. The molecular formula is C18H20N2O4. The third-order valence-electron chi connectivity index (χ3n) is 4.40. The zero-order chi connectivity index (χ0) is 17.1. The molecule has 6 nitrogen and oxygen atoms in total. The van der Waals surface area contributed by atoms with Crippen LogP contribution in [0, 0.1) is 5.92 Å². The number of fused-ring (bicyclic) bond motifs is 1. The summed E-state index contributed by atoms with van der Waals surface area (Å²) < 4.78 is 5.17. The lowest BCUT2D eigenvalue weighted by atomic mass is 9.95. The Hall–Kier alpha value is -2.63. The normalized spacial score (nSPS) is 15.5. The van der Waals surface area contributed by atoms with E-state index in [4.69, 9.17) is 4.74 Å². The number of piperidine rings is 1. The Labute approximate surface area is 140 Å². The van der Waals surface area contributed by atoms with E-state index in [1.54, 1.807) is 13.1 Å². The molecule has 0 aliphatic carbocycles. The predicted octanol–water partition coefficient (Wildman–Crippen LogP) is 2.71. The zero-order valence-corrected chi connectivity index (χ0v) is 13.6. The van der Waals surface area contributed by atoms with Gasteiger partial charge in [-0.2, -0.15) is 0 Å². The quantitative estimate of drug-likeness (QED) is 0.869. The first kappa shape index (κ1) is 16.2. The van der Waals surface area contributed by atoms with E-state index in [1.807, 2.05) is 24.3 Å². The Morgan fingerprint density at radius 3 is 2.67 bits per heavy atom. The van der Waals surface area contributed by atoms with Crippen LogP contribution in [0.15, 0.2) is 30.5 Å². The number of benzene rings is 1. The summed E-state index contributed by atoms with van der Waals surface area (Å²) in [5.41, 5.74) is 2.04. The van der Waals surface area contributed by atoms with Crippen LogP contribution in [0.3, 0.4) is 0 Å². The van der Waals surface area contributed by atoms with Crippen LogP contribution in [0.25, 0.3) is 10.9 Å². The number of carbonyl (C=O) groups is 2. The van der Waals surface area contributed by atoms with Gasteiger partial charge in [-0.1, -0.05) is 18.2 Å². The van der Waals surface area contributed by atoms with Crippen LogP contribution in [0.1, 0.15) is 30.1 Å². The van der Waals surface area contributed by atoms with Crippen LogP contribution in [0.2, 0.25) is 0 Å². The van der Waals surface area contributed by atoms with Crippen molar-refractivity contribution in [3.63, 3.8) is 0 Å². The lowest BCUT2D eigenvalue weighted by molar-refractivity contribution is -0.142. The molecular weight excluding hydrogens is 308 g/mol. The standard InChI is InChI=1S/C18H20N2O4/c1-2-24-18(23)14-11-19-15-6-4-3-5-13(15)16(14)20-9-7-12(8-10-20)17(21)22/h3-6,11-12H,2,7-10H2,1H3,(H,21,22). The lowest BCUT2D eigenvalue weighted by Gasteiger charge is -2.33. The Kier molecular flexibility index (Phi) is 4.64. The van der Waals surface area contributed by atoms with E-state index in [9.17, 15) is 14.7 Å². The highest BCUT2D eigenvalue weighted by Gasteiger charge is 2.28. The third kappa shape index (κ3) is 3.04. The summed E-state index contributed by atoms with van der Waals surface area (Å²) in [6, 6.07) is 7.65.